The van der Waals surface area contributed by atoms with Gasteiger partial charge in [-0.25, -0.2) is 0 Å². The number of aromatic nitrogens is 4. The van der Waals surface area contributed by atoms with E-state index in [0.717, 1.165) is 11.3 Å². The summed E-state index contributed by atoms with van der Waals surface area (Å²) in [4.78, 5) is 0. The second kappa shape index (κ2) is 4.24. The monoisotopic (exact) mass is 199 g/mol. The van der Waals surface area contributed by atoms with E-state index in [4.69, 9.17) is 6.42 Å². The topological polar surface area (TPSA) is 66.5 Å². The fraction of sp³-hybridized carbons (Fsp3) is 0.100. The summed E-state index contributed by atoms with van der Waals surface area (Å²) < 4.78 is 0. The molecule has 5 heteroatoms. The molecule has 0 saturated carbocycles. The van der Waals surface area contributed by atoms with Crippen molar-refractivity contribution in [3.63, 3.8) is 0 Å². The van der Waals surface area contributed by atoms with Crippen LogP contribution < -0.4 is 5.32 Å². The van der Waals surface area contributed by atoms with E-state index in [1.54, 1.807) is 0 Å². The molecular weight excluding hydrogens is 190 g/mol. The highest BCUT2D eigenvalue weighted by Gasteiger charge is 2.02. The van der Waals surface area contributed by atoms with Crippen molar-refractivity contribution in [3.05, 3.63) is 24.3 Å². The summed E-state index contributed by atoms with van der Waals surface area (Å²) in [7, 11) is 0. The van der Waals surface area contributed by atoms with Crippen LogP contribution in [0.3, 0.4) is 0 Å². The van der Waals surface area contributed by atoms with Gasteiger partial charge in [-0.2, -0.15) is 5.21 Å². The van der Waals surface area contributed by atoms with E-state index < -0.39 is 0 Å². The van der Waals surface area contributed by atoms with Crippen molar-refractivity contribution in [2.45, 2.75) is 0 Å². The minimum absolute atomic E-state index is 0.496. The zero-order valence-corrected chi connectivity index (χ0v) is 7.94. The second-order valence-electron chi connectivity index (χ2n) is 2.87. The molecule has 15 heavy (non-hydrogen) atoms. The molecule has 0 amide bonds. The van der Waals surface area contributed by atoms with Gasteiger partial charge in [-0.1, -0.05) is 18.1 Å². The van der Waals surface area contributed by atoms with E-state index in [1.165, 1.54) is 0 Å². The maximum Gasteiger partial charge on any atom is 0.204 e. The Morgan fingerprint density at radius 1 is 1.47 bits per heavy atom. The average Bonchev–Trinajstić information content (AvgIpc) is 2.80. The van der Waals surface area contributed by atoms with E-state index >= 15 is 0 Å². The van der Waals surface area contributed by atoms with Gasteiger partial charge in [0.15, 0.2) is 0 Å². The number of hydrogen-bond acceptors (Lipinski definition) is 4. The molecule has 0 fully saturated rings. The van der Waals surface area contributed by atoms with Crippen molar-refractivity contribution in [2.75, 3.05) is 11.9 Å². The number of tetrazole rings is 1. The molecule has 74 valence electrons. The Labute approximate surface area is 86.9 Å². The molecule has 1 aromatic carbocycles. The molecule has 0 spiro atoms. The van der Waals surface area contributed by atoms with Crippen LogP contribution in [-0.4, -0.2) is 27.2 Å². The first-order chi connectivity index (χ1) is 7.40. The molecule has 0 radical (unpaired) electrons. The molecule has 0 aliphatic rings. The SMILES string of the molecule is C#CCNc1cccc(-c2nn[nH]n2)c1. The van der Waals surface area contributed by atoms with Crippen molar-refractivity contribution in [1.82, 2.24) is 20.6 Å². The first-order valence-electron chi connectivity index (χ1n) is 4.41. The smallest absolute Gasteiger partial charge is 0.204 e. The highest BCUT2D eigenvalue weighted by atomic mass is 15.5. The van der Waals surface area contributed by atoms with Gasteiger partial charge in [-0.15, -0.1) is 16.6 Å². The fourth-order valence-electron chi connectivity index (χ4n) is 1.21. The lowest BCUT2D eigenvalue weighted by atomic mass is 10.2. The number of H-pyrrole nitrogens is 1. The van der Waals surface area contributed by atoms with Crippen LogP contribution in [0.15, 0.2) is 24.3 Å². The number of hydrogen-bond donors (Lipinski definition) is 2. The Balaban J connectivity index is 2.24. The van der Waals surface area contributed by atoms with Crippen LogP contribution >= 0.6 is 0 Å². The van der Waals surface area contributed by atoms with E-state index in [-0.39, 0.29) is 0 Å². The molecule has 2 aromatic rings. The number of aromatic amines is 1. The van der Waals surface area contributed by atoms with Crippen molar-refractivity contribution < 1.29 is 0 Å². The molecule has 1 heterocycles. The van der Waals surface area contributed by atoms with Gasteiger partial charge < -0.3 is 5.32 Å². The van der Waals surface area contributed by atoms with Gasteiger partial charge in [-0.05, 0) is 17.3 Å². The molecule has 0 saturated heterocycles. The molecule has 0 unspecified atom stereocenters. The van der Waals surface area contributed by atoms with Crippen LogP contribution in [-0.2, 0) is 0 Å². The Bertz CT molecular complexity index is 469. The summed E-state index contributed by atoms with van der Waals surface area (Å²) in [5, 5.41) is 16.8. The number of terminal acetylenes is 1. The maximum absolute atomic E-state index is 5.16. The first-order valence-corrected chi connectivity index (χ1v) is 4.41. The van der Waals surface area contributed by atoms with Gasteiger partial charge >= 0.3 is 0 Å². The molecule has 2 rings (SSSR count). The summed E-state index contributed by atoms with van der Waals surface area (Å²) in [5.41, 5.74) is 1.83. The van der Waals surface area contributed by atoms with E-state index in [9.17, 15) is 0 Å². The Morgan fingerprint density at radius 2 is 2.40 bits per heavy atom. The molecular formula is C10H9N5. The standard InChI is InChI=1S/C10H9N5/c1-2-6-11-9-5-3-4-8(7-9)10-12-14-15-13-10/h1,3-5,7,11H,6H2,(H,12,13,14,15). The summed E-state index contributed by atoms with van der Waals surface area (Å²) in [5.74, 6) is 3.08. The third-order valence-corrected chi connectivity index (χ3v) is 1.86. The van der Waals surface area contributed by atoms with E-state index in [2.05, 4.69) is 31.9 Å². The second-order valence-corrected chi connectivity index (χ2v) is 2.87. The van der Waals surface area contributed by atoms with Gasteiger partial charge in [0.05, 0.1) is 6.54 Å². The number of benzene rings is 1. The summed E-state index contributed by atoms with van der Waals surface area (Å²) >= 11 is 0. The highest BCUT2D eigenvalue weighted by Crippen LogP contribution is 2.17. The molecule has 0 aliphatic heterocycles. The number of anilines is 1. The molecule has 0 bridgehead atoms. The number of nitrogens with one attached hydrogen (secondary N) is 2. The molecule has 0 aliphatic carbocycles. The van der Waals surface area contributed by atoms with Crippen LogP contribution in [0, 0.1) is 12.3 Å². The summed E-state index contributed by atoms with van der Waals surface area (Å²) in [6.07, 6.45) is 5.16. The van der Waals surface area contributed by atoms with E-state index in [0.29, 0.717) is 12.4 Å². The van der Waals surface area contributed by atoms with E-state index in [1.807, 2.05) is 24.3 Å². The van der Waals surface area contributed by atoms with Crippen molar-refractivity contribution in [1.29, 1.82) is 0 Å². The minimum atomic E-state index is 0.496. The van der Waals surface area contributed by atoms with Crippen LogP contribution in [0.25, 0.3) is 11.4 Å². The van der Waals surface area contributed by atoms with Crippen LogP contribution in [0.5, 0.6) is 0 Å². The third kappa shape index (κ3) is 2.11. The predicted molar refractivity (Wildman–Crippen MR) is 56.9 cm³/mol. The van der Waals surface area contributed by atoms with Gasteiger partial charge in [0.2, 0.25) is 5.82 Å². The maximum atomic E-state index is 5.16. The predicted octanol–water partition coefficient (Wildman–Crippen LogP) is 0.912. The quantitative estimate of drug-likeness (QED) is 0.721. The van der Waals surface area contributed by atoms with Crippen molar-refractivity contribution >= 4 is 5.69 Å². The third-order valence-electron chi connectivity index (χ3n) is 1.86. The Morgan fingerprint density at radius 3 is 3.13 bits per heavy atom. The highest BCUT2D eigenvalue weighted by molar-refractivity contribution is 5.61. The number of rotatable bonds is 3. The average molecular weight is 199 g/mol. The normalized spacial score (nSPS) is 9.53. The van der Waals surface area contributed by atoms with Gasteiger partial charge in [-0.3, -0.25) is 0 Å². The van der Waals surface area contributed by atoms with Crippen LogP contribution in [0.1, 0.15) is 0 Å². The summed E-state index contributed by atoms with van der Waals surface area (Å²) in [6, 6.07) is 7.67. The van der Waals surface area contributed by atoms with Gasteiger partial charge in [0, 0.05) is 11.3 Å². The van der Waals surface area contributed by atoms with Crippen molar-refractivity contribution in [3.8, 4) is 23.7 Å². The minimum Gasteiger partial charge on any atom is -0.374 e. The molecule has 2 N–H and O–H groups in total. The van der Waals surface area contributed by atoms with Crippen molar-refractivity contribution in [2.24, 2.45) is 0 Å². The Kier molecular flexibility index (Phi) is 2.61. The van der Waals surface area contributed by atoms with Gasteiger partial charge in [0.25, 0.3) is 0 Å². The molecule has 1 aromatic heterocycles. The molecule has 5 nitrogen and oxygen atoms in total. The zero-order chi connectivity index (χ0) is 10.5. The number of nitrogens with zero attached hydrogens (tertiary/aromatic N) is 3. The largest absolute Gasteiger partial charge is 0.374 e. The lowest BCUT2D eigenvalue weighted by molar-refractivity contribution is 0.881. The zero-order valence-electron chi connectivity index (χ0n) is 7.94. The Hall–Kier alpha value is -2.35. The first kappa shape index (κ1) is 9.21. The fourth-order valence-corrected chi connectivity index (χ4v) is 1.21. The van der Waals surface area contributed by atoms with Crippen LogP contribution in [0.4, 0.5) is 5.69 Å². The molecule has 0 atom stereocenters. The lowest BCUT2D eigenvalue weighted by Crippen LogP contribution is -1.98. The van der Waals surface area contributed by atoms with Crippen LogP contribution in [0.2, 0.25) is 0 Å². The van der Waals surface area contributed by atoms with Gasteiger partial charge in [0.1, 0.15) is 0 Å². The summed E-state index contributed by atoms with van der Waals surface area (Å²) in [6.45, 7) is 0.496. The lowest BCUT2D eigenvalue weighted by Gasteiger charge is -2.02.